The Labute approximate surface area is 120 Å². The first-order chi connectivity index (χ1) is 9.70. The number of aliphatic hydroxyl groups excluding tert-OH is 1. The van der Waals surface area contributed by atoms with Gasteiger partial charge in [-0.15, -0.1) is 0 Å². The van der Waals surface area contributed by atoms with E-state index in [0.29, 0.717) is 6.54 Å². The van der Waals surface area contributed by atoms with Crippen molar-refractivity contribution in [3.63, 3.8) is 0 Å². The fourth-order valence-electron chi connectivity index (χ4n) is 3.49. The Morgan fingerprint density at radius 1 is 1.35 bits per heavy atom. The molecule has 0 amide bonds. The van der Waals surface area contributed by atoms with Gasteiger partial charge in [0.2, 0.25) is 0 Å². The topological polar surface area (TPSA) is 55.7 Å². The van der Waals surface area contributed by atoms with Crippen LogP contribution in [0.5, 0.6) is 0 Å². The van der Waals surface area contributed by atoms with Crippen LogP contribution in [0.25, 0.3) is 0 Å². The summed E-state index contributed by atoms with van der Waals surface area (Å²) in [7, 11) is 0. The van der Waals surface area contributed by atoms with Crippen LogP contribution < -0.4 is 5.32 Å². The second-order valence-electron chi connectivity index (χ2n) is 6.18. The average molecular weight is 276 g/mol. The minimum atomic E-state index is -0.593. The molecule has 0 aliphatic carbocycles. The molecule has 20 heavy (non-hydrogen) atoms. The number of piperidine rings is 1. The van der Waals surface area contributed by atoms with E-state index in [4.69, 9.17) is 0 Å². The molecule has 4 heteroatoms. The predicted molar refractivity (Wildman–Crippen MR) is 78.4 cm³/mol. The Hall–Kier alpha value is -0.940. The van der Waals surface area contributed by atoms with Crippen molar-refractivity contribution >= 4 is 0 Å². The largest absolute Gasteiger partial charge is 0.392 e. The molecule has 1 unspecified atom stereocenters. The van der Waals surface area contributed by atoms with E-state index in [9.17, 15) is 10.2 Å². The van der Waals surface area contributed by atoms with Crippen molar-refractivity contribution < 1.29 is 10.2 Å². The number of benzene rings is 1. The van der Waals surface area contributed by atoms with Crippen LogP contribution in [0.4, 0.5) is 0 Å². The van der Waals surface area contributed by atoms with Crippen molar-refractivity contribution in [1.82, 2.24) is 10.2 Å². The summed E-state index contributed by atoms with van der Waals surface area (Å²) in [6.07, 6.45) is 2.93. The number of β-amino-alcohol motifs (C(OH)–C–C–N with tert-alkyl or cyclic N) is 1. The molecule has 2 aliphatic rings. The molecule has 4 nitrogen and oxygen atoms in total. The van der Waals surface area contributed by atoms with Gasteiger partial charge in [0.1, 0.15) is 0 Å². The summed E-state index contributed by atoms with van der Waals surface area (Å²) in [5, 5.41) is 23.4. The maximum absolute atomic E-state index is 10.6. The Morgan fingerprint density at radius 3 is 3.00 bits per heavy atom. The normalized spacial score (nSPS) is 27.3. The standard InChI is InChI=1S/C16H24N2O2/c19-10-14-4-1-3-13-5-8-18(9-15(13)14)12-16(20)6-2-7-17-11-16/h1,3-4,17,19-20H,2,5-12H2. The number of nitrogens with one attached hydrogen (secondary N) is 1. The van der Waals surface area contributed by atoms with E-state index in [-0.39, 0.29) is 6.61 Å². The van der Waals surface area contributed by atoms with Crippen LogP contribution in [-0.2, 0) is 19.6 Å². The first-order valence-corrected chi connectivity index (χ1v) is 7.56. The van der Waals surface area contributed by atoms with E-state index in [1.807, 2.05) is 12.1 Å². The molecule has 110 valence electrons. The van der Waals surface area contributed by atoms with Crippen molar-refractivity contribution in [2.24, 2.45) is 0 Å². The second kappa shape index (κ2) is 5.82. The van der Waals surface area contributed by atoms with Crippen LogP contribution in [0.3, 0.4) is 0 Å². The lowest BCUT2D eigenvalue weighted by atomic mass is 9.90. The summed E-state index contributed by atoms with van der Waals surface area (Å²) in [5.41, 5.74) is 3.04. The first kappa shape index (κ1) is 14.0. The van der Waals surface area contributed by atoms with Gasteiger partial charge in [-0.25, -0.2) is 0 Å². The van der Waals surface area contributed by atoms with Gasteiger partial charge in [-0.1, -0.05) is 18.2 Å². The van der Waals surface area contributed by atoms with Gasteiger partial charge in [-0.2, -0.15) is 0 Å². The molecule has 2 heterocycles. The Balaban J connectivity index is 1.71. The average Bonchev–Trinajstić information content (AvgIpc) is 2.47. The molecule has 0 radical (unpaired) electrons. The molecule has 3 rings (SSSR count). The van der Waals surface area contributed by atoms with Crippen LogP contribution in [0.2, 0.25) is 0 Å². The zero-order valence-corrected chi connectivity index (χ0v) is 11.9. The zero-order valence-electron chi connectivity index (χ0n) is 11.9. The van der Waals surface area contributed by atoms with Crippen molar-refractivity contribution in [3.05, 3.63) is 34.9 Å². The Morgan fingerprint density at radius 2 is 2.25 bits per heavy atom. The highest BCUT2D eigenvalue weighted by molar-refractivity contribution is 5.36. The van der Waals surface area contributed by atoms with Gasteiger partial charge in [0.05, 0.1) is 12.2 Å². The molecule has 1 aromatic rings. The van der Waals surface area contributed by atoms with Crippen LogP contribution >= 0.6 is 0 Å². The van der Waals surface area contributed by atoms with Crippen LogP contribution in [0.1, 0.15) is 29.5 Å². The summed E-state index contributed by atoms with van der Waals surface area (Å²) in [4.78, 5) is 2.33. The molecule has 1 atom stereocenters. The van der Waals surface area contributed by atoms with Crippen molar-refractivity contribution in [1.29, 1.82) is 0 Å². The Bertz CT molecular complexity index is 455. The summed E-state index contributed by atoms with van der Waals surface area (Å²) in [6.45, 7) is 4.36. The second-order valence-corrected chi connectivity index (χ2v) is 6.18. The van der Waals surface area contributed by atoms with E-state index in [2.05, 4.69) is 16.3 Å². The van der Waals surface area contributed by atoms with Gasteiger partial charge in [-0.05, 0) is 42.5 Å². The third-order valence-electron chi connectivity index (χ3n) is 4.59. The van der Waals surface area contributed by atoms with Gasteiger partial charge >= 0.3 is 0 Å². The van der Waals surface area contributed by atoms with Gasteiger partial charge in [0.25, 0.3) is 0 Å². The summed E-state index contributed by atoms with van der Waals surface area (Å²) in [5.74, 6) is 0. The van der Waals surface area contributed by atoms with E-state index in [0.717, 1.165) is 51.0 Å². The lowest BCUT2D eigenvalue weighted by Crippen LogP contribution is -2.53. The first-order valence-electron chi connectivity index (χ1n) is 7.56. The predicted octanol–water partition coefficient (Wildman–Crippen LogP) is 0.651. The fraction of sp³-hybridized carbons (Fsp3) is 0.625. The van der Waals surface area contributed by atoms with Gasteiger partial charge in [0.15, 0.2) is 0 Å². The number of nitrogens with zero attached hydrogens (tertiary/aromatic N) is 1. The molecule has 0 saturated carbocycles. The smallest absolute Gasteiger partial charge is 0.0898 e. The lowest BCUT2D eigenvalue weighted by molar-refractivity contribution is -0.0186. The Kier molecular flexibility index (Phi) is 4.08. The van der Waals surface area contributed by atoms with Crippen LogP contribution in [0.15, 0.2) is 18.2 Å². The molecule has 0 bridgehead atoms. The number of fused-ring (bicyclic) bond motifs is 1. The monoisotopic (exact) mass is 276 g/mol. The van der Waals surface area contributed by atoms with Crippen molar-refractivity contribution in [3.8, 4) is 0 Å². The molecule has 0 spiro atoms. The quantitative estimate of drug-likeness (QED) is 0.759. The van der Waals surface area contributed by atoms with Crippen LogP contribution in [0, 0.1) is 0 Å². The number of hydrogen-bond acceptors (Lipinski definition) is 4. The van der Waals surface area contributed by atoms with Gasteiger partial charge in [0, 0.05) is 26.2 Å². The molecule has 1 aromatic carbocycles. The van der Waals surface area contributed by atoms with Gasteiger partial charge in [-0.3, -0.25) is 4.90 Å². The number of rotatable bonds is 3. The summed E-state index contributed by atoms with van der Waals surface area (Å²) in [6, 6.07) is 6.18. The van der Waals surface area contributed by atoms with Crippen molar-refractivity contribution in [2.75, 3.05) is 26.2 Å². The van der Waals surface area contributed by atoms with E-state index in [1.165, 1.54) is 11.1 Å². The number of hydrogen-bond donors (Lipinski definition) is 3. The molecule has 1 fully saturated rings. The minimum Gasteiger partial charge on any atom is -0.392 e. The fourth-order valence-corrected chi connectivity index (χ4v) is 3.49. The maximum atomic E-state index is 10.6. The molecular weight excluding hydrogens is 252 g/mol. The third kappa shape index (κ3) is 2.88. The summed E-state index contributed by atoms with van der Waals surface area (Å²) >= 11 is 0. The molecule has 0 aromatic heterocycles. The molecular formula is C16H24N2O2. The van der Waals surface area contributed by atoms with E-state index >= 15 is 0 Å². The highest BCUT2D eigenvalue weighted by Gasteiger charge is 2.32. The summed E-state index contributed by atoms with van der Waals surface area (Å²) < 4.78 is 0. The minimum absolute atomic E-state index is 0.100. The molecule has 1 saturated heterocycles. The SMILES string of the molecule is OCc1cccc2c1CN(CC1(O)CCCNC1)CC2. The molecule has 2 aliphatic heterocycles. The number of aliphatic hydroxyl groups is 2. The molecule has 3 N–H and O–H groups in total. The highest BCUT2D eigenvalue weighted by atomic mass is 16.3. The van der Waals surface area contributed by atoms with E-state index < -0.39 is 5.60 Å². The van der Waals surface area contributed by atoms with E-state index in [1.54, 1.807) is 0 Å². The highest BCUT2D eigenvalue weighted by Crippen LogP contribution is 2.25. The third-order valence-corrected chi connectivity index (χ3v) is 4.59. The van der Waals surface area contributed by atoms with Crippen molar-refractivity contribution in [2.45, 2.75) is 38.0 Å². The van der Waals surface area contributed by atoms with Gasteiger partial charge < -0.3 is 15.5 Å². The van der Waals surface area contributed by atoms with Crippen LogP contribution in [-0.4, -0.2) is 46.9 Å². The maximum Gasteiger partial charge on any atom is 0.0898 e. The lowest BCUT2D eigenvalue weighted by Gasteiger charge is -2.39. The zero-order chi connectivity index (χ0) is 14.0.